The predicted octanol–water partition coefficient (Wildman–Crippen LogP) is 2.28. The summed E-state index contributed by atoms with van der Waals surface area (Å²) in [5, 5.41) is 8.24. The number of hydrogen-bond acceptors (Lipinski definition) is 6. The van der Waals surface area contributed by atoms with Gasteiger partial charge in [0.25, 0.3) is 5.91 Å². The van der Waals surface area contributed by atoms with Crippen molar-refractivity contribution in [1.29, 1.82) is 0 Å². The summed E-state index contributed by atoms with van der Waals surface area (Å²) in [6.07, 6.45) is -0.357. The van der Waals surface area contributed by atoms with E-state index in [4.69, 9.17) is 9.47 Å². The molecule has 0 unspecified atom stereocenters. The zero-order chi connectivity index (χ0) is 21.2. The number of benzene rings is 1. The van der Waals surface area contributed by atoms with Crippen LogP contribution >= 0.6 is 0 Å². The molecule has 0 atom stereocenters. The molecular formula is C20H27N5O4. The molecular weight excluding hydrogens is 374 g/mol. The lowest BCUT2D eigenvalue weighted by Gasteiger charge is -2.35. The van der Waals surface area contributed by atoms with Crippen LogP contribution in [0, 0.1) is 6.92 Å². The molecule has 0 saturated carbocycles. The Bertz CT molecular complexity index is 895. The van der Waals surface area contributed by atoms with E-state index in [1.165, 1.54) is 0 Å². The van der Waals surface area contributed by atoms with Gasteiger partial charge in [-0.25, -0.2) is 9.48 Å². The summed E-state index contributed by atoms with van der Waals surface area (Å²) in [6.45, 7) is 8.99. The maximum Gasteiger partial charge on any atom is 0.410 e. The van der Waals surface area contributed by atoms with Crippen molar-refractivity contribution in [1.82, 2.24) is 24.8 Å². The third-order valence-corrected chi connectivity index (χ3v) is 4.61. The summed E-state index contributed by atoms with van der Waals surface area (Å²) in [5.41, 5.74) is 1.18. The molecule has 2 amide bonds. The Balaban J connectivity index is 1.68. The first-order chi connectivity index (χ1) is 13.7. The zero-order valence-electron chi connectivity index (χ0n) is 17.5. The van der Waals surface area contributed by atoms with Crippen molar-refractivity contribution >= 4 is 12.0 Å². The fraction of sp³-hybridized carbons (Fsp3) is 0.500. The van der Waals surface area contributed by atoms with E-state index in [9.17, 15) is 9.59 Å². The van der Waals surface area contributed by atoms with Gasteiger partial charge < -0.3 is 19.3 Å². The number of piperazine rings is 1. The topological polar surface area (TPSA) is 89.8 Å². The highest BCUT2D eigenvalue weighted by molar-refractivity contribution is 5.93. The number of ether oxygens (including phenoxy) is 2. The minimum Gasteiger partial charge on any atom is -0.497 e. The van der Waals surface area contributed by atoms with E-state index in [1.54, 1.807) is 21.6 Å². The van der Waals surface area contributed by atoms with Crippen LogP contribution in [0.3, 0.4) is 0 Å². The second-order valence-corrected chi connectivity index (χ2v) is 7.90. The highest BCUT2D eigenvalue weighted by Gasteiger charge is 2.30. The molecule has 0 spiro atoms. The third-order valence-electron chi connectivity index (χ3n) is 4.61. The first-order valence-electron chi connectivity index (χ1n) is 9.53. The molecule has 1 aliphatic heterocycles. The van der Waals surface area contributed by atoms with Crippen molar-refractivity contribution in [3.05, 3.63) is 35.7 Å². The first kappa shape index (κ1) is 20.6. The number of aromatic nitrogens is 3. The molecule has 0 aliphatic carbocycles. The lowest BCUT2D eigenvalue weighted by molar-refractivity contribution is 0.0140. The highest BCUT2D eigenvalue weighted by atomic mass is 16.6. The van der Waals surface area contributed by atoms with Gasteiger partial charge in [0.05, 0.1) is 18.5 Å². The first-order valence-corrected chi connectivity index (χ1v) is 9.53. The SMILES string of the molecule is COc1cccc(-n2nnc(C(=O)N3CCN(C(=O)OC(C)(C)C)CC3)c2C)c1. The van der Waals surface area contributed by atoms with E-state index in [0.717, 1.165) is 5.69 Å². The zero-order valence-corrected chi connectivity index (χ0v) is 17.5. The van der Waals surface area contributed by atoms with Crippen LogP contribution in [-0.2, 0) is 4.74 Å². The molecule has 1 aromatic carbocycles. The maximum atomic E-state index is 12.9. The largest absolute Gasteiger partial charge is 0.497 e. The van der Waals surface area contributed by atoms with Crippen LogP contribution in [0.5, 0.6) is 5.75 Å². The van der Waals surface area contributed by atoms with Crippen LogP contribution in [-0.4, -0.2) is 75.7 Å². The fourth-order valence-electron chi connectivity index (χ4n) is 3.08. The van der Waals surface area contributed by atoms with Crippen molar-refractivity contribution in [2.24, 2.45) is 0 Å². The van der Waals surface area contributed by atoms with Crippen LogP contribution < -0.4 is 4.74 Å². The summed E-state index contributed by atoms with van der Waals surface area (Å²) < 4.78 is 12.3. The van der Waals surface area contributed by atoms with Gasteiger partial charge in [-0.3, -0.25) is 4.79 Å². The second kappa shape index (κ2) is 8.10. The standard InChI is InChI=1S/C20H27N5O4/c1-14-17(21-22-25(14)15-7-6-8-16(13-15)28-5)18(26)23-9-11-24(12-10-23)19(27)29-20(2,3)4/h6-8,13H,9-12H2,1-5H3. The Kier molecular flexibility index (Phi) is 5.76. The van der Waals surface area contributed by atoms with Crippen LogP contribution in [0.2, 0.25) is 0 Å². The van der Waals surface area contributed by atoms with Crippen molar-refractivity contribution in [3.8, 4) is 11.4 Å². The van der Waals surface area contributed by atoms with Crippen molar-refractivity contribution in [2.75, 3.05) is 33.3 Å². The predicted molar refractivity (Wildman–Crippen MR) is 106 cm³/mol. The average Bonchev–Trinajstić information content (AvgIpc) is 3.07. The minimum atomic E-state index is -0.542. The molecule has 1 fully saturated rings. The van der Waals surface area contributed by atoms with E-state index >= 15 is 0 Å². The lowest BCUT2D eigenvalue weighted by Crippen LogP contribution is -2.51. The van der Waals surface area contributed by atoms with E-state index < -0.39 is 5.60 Å². The molecule has 29 heavy (non-hydrogen) atoms. The van der Waals surface area contributed by atoms with Gasteiger partial charge in [-0.05, 0) is 39.8 Å². The molecule has 1 aliphatic rings. The quantitative estimate of drug-likeness (QED) is 0.784. The number of nitrogens with zero attached hydrogens (tertiary/aromatic N) is 5. The van der Waals surface area contributed by atoms with Gasteiger partial charge in [-0.15, -0.1) is 5.10 Å². The molecule has 0 bridgehead atoms. The van der Waals surface area contributed by atoms with Crippen molar-refractivity contribution in [3.63, 3.8) is 0 Å². The van der Waals surface area contributed by atoms with Gasteiger partial charge in [0.2, 0.25) is 0 Å². The molecule has 0 radical (unpaired) electrons. The molecule has 0 N–H and O–H groups in total. The average molecular weight is 401 g/mol. The van der Waals surface area contributed by atoms with Crippen LogP contribution in [0.25, 0.3) is 5.69 Å². The summed E-state index contributed by atoms with van der Waals surface area (Å²) in [7, 11) is 1.60. The van der Waals surface area contributed by atoms with Crippen LogP contribution in [0.1, 0.15) is 37.0 Å². The van der Waals surface area contributed by atoms with E-state index in [2.05, 4.69) is 10.3 Å². The summed E-state index contributed by atoms with van der Waals surface area (Å²) in [5.74, 6) is 0.504. The number of carbonyl (C=O) groups excluding carboxylic acids is 2. The van der Waals surface area contributed by atoms with E-state index in [1.807, 2.05) is 52.0 Å². The van der Waals surface area contributed by atoms with Gasteiger partial charge in [0.15, 0.2) is 5.69 Å². The Labute approximate surface area is 170 Å². The Morgan fingerprint density at radius 1 is 1.07 bits per heavy atom. The van der Waals surface area contributed by atoms with Gasteiger partial charge >= 0.3 is 6.09 Å². The number of rotatable bonds is 3. The number of hydrogen-bond donors (Lipinski definition) is 0. The van der Waals surface area contributed by atoms with Crippen molar-refractivity contribution in [2.45, 2.75) is 33.3 Å². The number of carbonyl (C=O) groups is 2. The summed E-state index contributed by atoms with van der Waals surface area (Å²) in [6, 6.07) is 7.40. The highest BCUT2D eigenvalue weighted by Crippen LogP contribution is 2.19. The van der Waals surface area contributed by atoms with Gasteiger partial charge in [-0.2, -0.15) is 0 Å². The Morgan fingerprint density at radius 2 is 1.72 bits per heavy atom. The molecule has 1 aromatic heterocycles. The van der Waals surface area contributed by atoms with Crippen LogP contribution in [0.15, 0.2) is 24.3 Å². The van der Waals surface area contributed by atoms with Gasteiger partial charge in [-0.1, -0.05) is 11.3 Å². The van der Waals surface area contributed by atoms with Crippen molar-refractivity contribution < 1.29 is 19.1 Å². The molecule has 2 heterocycles. The second-order valence-electron chi connectivity index (χ2n) is 7.90. The normalized spacial score (nSPS) is 14.7. The van der Waals surface area contributed by atoms with Crippen LogP contribution in [0.4, 0.5) is 4.79 Å². The van der Waals surface area contributed by atoms with Gasteiger partial charge in [0.1, 0.15) is 11.4 Å². The molecule has 2 aromatic rings. The molecule has 1 saturated heterocycles. The van der Waals surface area contributed by atoms with Gasteiger partial charge in [0, 0.05) is 32.2 Å². The Hall–Kier alpha value is -3.10. The molecule has 156 valence electrons. The number of methoxy groups -OCH3 is 1. The lowest BCUT2D eigenvalue weighted by atomic mass is 10.2. The Morgan fingerprint density at radius 3 is 2.34 bits per heavy atom. The molecule has 3 rings (SSSR count). The fourth-order valence-corrected chi connectivity index (χ4v) is 3.08. The monoisotopic (exact) mass is 401 g/mol. The third kappa shape index (κ3) is 4.67. The smallest absolute Gasteiger partial charge is 0.410 e. The summed E-state index contributed by atoms with van der Waals surface area (Å²) in [4.78, 5) is 28.4. The summed E-state index contributed by atoms with van der Waals surface area (Å²) >= 11 is 0. The molecule has 9 heteroatoms. The number of amides is 2. The molecule has 9 nitrogen and oxygen atoms in total. The van der Waals surface area contributed by atoms with E-state index in [-0.39, 0.29) is 12.0 Å². The van der Waals surface area contributed by atoms with E-state index in [0.29, 0.717) is 43.3 Å². The maximum absolute atomic E-state index is 12.9. The minimum absolute atomic E-state index is 0.194.